The van der Waals surface area contributed by atoms with E-state index in [9.17, 15) is 4.79 Å². The normalized spacial score (nSPS) is 18.2. The Kier molecular flexibility index (Phi) is 1.69. The number of benzene rings is 1. The highest BCUT2D eigenvalue weighted by Gasteiger charge is 2.27. The lowest BCUT2D eigenvalue weighted by Crippen LogP contribution is -2.20. The Morgan fingerprint density at radius 2 is 2.00 bits per heavy atom. The molecule has 0 radical (unpaired) electrons. The van der Waals surface area contributed by atoms with Crippen LogP contribution in [0.5, 0.6) is 0 Å². The lowest BCUT2D eigenvalue weighted by molar-refractivity contribution is -0.112. The summed E-state index contributed by atoms with van der Waals surface area (Å²) in [5.41, 5.74) is 2.84. The number of hydrogen-bond donors (Lipinski definition) is 0. The number of carbonyl (C=O) groups excluding carboxylic acids is 1. The van der Waals surface area contributed by atoms with Crippen LogP contribution in [0.15, 0.2) is 30.3 Å². The quantitative estimate of drug-likeness (QED) is 0.550. The second-order valence-corrected chi connectivity index (χ2v) is 3.08. The van der Waals surface area contributed by atoms with Crippen molar-refractivity contribution in [2.45, 2.75) is 6.92 Å². The molecule has 0 N–H and O–H groups in total. The summed E-state index contributed by atoms with van der Waals surface area (Å²) >= 11 is 0. The fourth-order valence-corrected chi connectivity index (χ4v) is 1.68. The second-order valence-electron chi connectivity index (χ2n) is 3.08. The van der Waals surface area contributed by atoms with Crippen LogP contribution < -0.4 is 4.90 Å². The molecule has 1 aliphatic heterocycles. The summed E-state index contributed by atoms with van der Waals surface area (Å²) < 4.78 is 0. The van der Waals surface area contributed by atoms with Crippen LogP contribution in [0.2, 0.25) is 0 Å². The maximum Gasteiger partial charge on any atom is 0.258 e. The average molecular weight is 173 g/mol. The van der Waals surface area contributed by atoms with Crippen molar-refractivity contribution in [1.82, 2.24) is 0 Å². The van der Waals surface area contributed by atoms with Gasteiger partial charge in [0.25, 0.3) is 5.91 Å². The number of amides is 1. The third kappa shape index (κ3) is 0.985. The molecule has 0 unspecified atom stereocenters. The van der Waals surface area contributed by atoms with Crippen LogP contribution in [-0.4, -0.2) is 13.0 Å². The van der Waals surface area contributed by atoms with E-state index in [1.54, 1.807) is 11.9 Å². The molecule has 13 heavy (non-hydrogen) atoms. The fourth-order valence-electron chi connectivity index (χ4n) is 1.68. The fraction of sp³-hybridized carbons (Fsp3) is 0.182. The molecule has 0 saturated carbocycles. The van der Waals surface area contributed by atoms with Gasteiger partial charge < -0.3 is 4.90 Å². The van der Waals surface area contributed by atoms with Crippen molar-refractivity contribution in [3.8, 4) is 0 Å². The minimum Gasteiger partial charge on any atom is -0.311 e. The highest BCUT2D eigenvalue weighted by molar-refractivity contribution is 6.32. The summed E-state index contributed by atoms with van der Waals surface area (Å²) in [6, 6.07) is 7.84. The van der Waals surface area contributed by atoms with Crippen molar-refractivity contribution >= 4 is 17.2 Å². The monoisotopic (exact) mass is 173 g/mol. The zero-order valence-electron chi connectivity index (χ0n) is 7.74. The molecule has 0 spiro atoms. The summed E-state index contributed by atoms with van der Waals surface area (Å²) in [4.78, 5) is 13.3. The molecule has 1 amide bonds. The zero-order valence-corrected chi connectivity index (χ0v) is 7.74. The number of hydrogen-bond acceptors (Lipinski definition) is 1. The maximum atomic E-state index is 11.7. The van der Waals surface area contributed by atoms with Gasteiger partial charge in [0, 0.05) is 18.2 Å². The summed E-state index contributed by atoms with van der Waals surface area (Å²) in [6.07, 6.45) is 1.87. The molecule has 1 aromatic rings. The predicted molar refractivity (Wildman–Crippen MR) is 53.5 cm³/mol. The molecule has 0 aromatic heterocycles. The van der Waals surface area contributed by atoms with Crippen LogP contribution >= 0.6 is 0 Å². The number of fused-ring (bicyclic) bond motifs is 1. The van der Waals surface area contributed by atoms with E-state index in [1.165, 1.54) is 0 Å². The molecule has 0 bridgehead atoms. The maximum absolute atomic E-state index is 11.7. The van der Waals surface area contributed by atoms with Gasteiger partial charge in [0.1, 0.15) is 0 Å². The van der Waals surface area contributed by atoms with Crippen LogP contribution in [0.1, 0.15) is 12.5 Å². The van der Waals surface area contributed by atoms with E-state index >= 15 is 0 Å². The Morgan fingerprint density at radius 3 is 2.69 bits per heavy atom. The van der Waals surface area contributed by atoms with Gasteiger partial charge in [-0.25, -0.2) is 0 Å². The first-order valence-corrected chi connectivity index (χ1v) is 4.29. The van der Waals surface area contributed by atoms with Crippen molar-refractivity contribution in [1.29, 1.82) is 0 Å². The number of anilines is 1. The molecule has 0 saturated heterocycles. The molecule has 1 heterocycles. The van der Waals surface area contributed by atoms with Gasteiger partial charge in [0.2, 0.25) is 0 Å². The number of carbonyl (C=O) groups is 1. The second kappa shape index (κ2) is 2.73. The molecule has 0 fully saturated rings. The van der Waals surface area contributed by atoms with E-state index in [4.69, 9.17) is 0 Å². The third-order valence-electron chi connectivity index (χ3n) is 2.38. The zero-order chi connectivity index (χ0) is 9.42. The van der Waals surface area contributed by atoms with Gasteiger partial charge in [-0.05, 0) is 13.0 Å². The number of para-hydroxylation sites is 1. The Labute approximate surface area is 77.5 Å². The van der Waals surface area contributed by atoms with Crippen LogP contribution in [-0.2, 0) is 4.79 Å². The third-order valence-corrected chi connectivity index (χ3v) is 2.38. The lowest BCUT2D eigenvalue weighted by atomic mass is 10.1. The van der Waals surface area contributed by atoms with Crippen molar-refractivity contribution in [2.24, 2.45) is 0 Å². The topological polar surface area (TPSA) is 20.3 Å². The molecule has 66 valence electrons. The van der Waals surface area contributed by atoms with Crippen LogP contribution in [0.25, 0.3) is 5.57 Å². The van der Waals surface area contributed by atoms with E-state index in [-0.39, 0.29) is 5.91 Å². The number of rotatable bonds is 0. The summed E-state index contributed by atoms with van der Waals surface area (Å²) in [6.45, 7) is 1.89. The van der Waals surface area contributed by atoms with E-state index in [2.05, 4.69) is 0 Å². The van der Waals surface area contributed by atoms with Crippen molar-refractivity contribution in [3.63, 3.8) is 0 Å². The van der Waals surface area contributed by atoms with Gasteiger partial charge in [-0.3, -0.25) is 4.79 Å². The number of allylic oxidation sites excluding steroid dienone is 1. The highest BCUT2D eigenvalue weighted by atomic mass is 16.2. The van der Waals surface area contributed by atoms with E-state index in [0.717, 1.165) is 16.8 Å². The molecular weight excluding hydrogens is 162 g/mol. The smallest absolute Gasteiger partial charge is 0.258 e. The Balaban J connectivity index is 2.67. The number of nitrogens with zero attached hydrogens (tertiary/aromatic N) is 1. The number of likely N-dealkylation sites (N-methyl/N-ethyl adjacent to an activating group) is 1. The van der Waals surface area contributed by atoms with Gasteiger partial charge in [-0.1, -0.05) is 24.3 Å². The van der Waals surface area contributed by atoms with E-state index < -0.39 is 0 Å². The summed E-state index contributed by atoms with van der Waals surface area (Å²) in [5, 5.41) is 0. The SMILES string of the molecule is C/C=C1/C(=O)N(C)c2ccccc21. The Morgan fingerprint density at radius 1 is 1.31 bits per heavy atom. The predicted octanol–water partition coefficient (Wildman–Crippen LogP) is 2.07. The van der Waals surface area contributed by atoms with Crippen LogP contribution in [0.3, 0.4) is 0 Å². The van der Waals surface area contributed by atoms with Crippen LogP contribution in [0, 0.1) is 0 Å². The first kappa shape index (κ1) is 8.05. The molecule has 2 nitrogen and oxygen atoms in total. The molecule has 1 aromatic carbocycles. The van der Waals surface area contributed by atoms with Gasteiger partial charge in [-0.2, -0.15) is 0 Å². The molecule has 2 rings (SSSR count). The summed E-state index contributed by atoms with van der Waals surface area (Å²) in [7, 11) is 1.80. The minimum atomic E-state index is 0.0868. The minimum absolute atomic E-state index is 0.0868. The van der Waals surface area contributed by atoms with Crippen molar-refractivity contribution < 1.29 is 4.79 Å². The Hall–Kier alpha value is -1.57. The molecule has 2 heteroatoms. The van der Waals surface area contributed by atoms with E-state index in [0.29, 0.717) is 0 Å². The standard InChI is InChI=1S/C11H11NO/c1-3-8-9-6-4-5-7-10(9)12(2)11(8)13/h3-7H,1-2H3/b8-3+. The Bertz CT molecular complexity index is 393. The highest BCUT2D eigenvalue weighted by Crippen LogP contribution is 2.34. The van der Waals surface area contributed by atoms with E-state index in [1.807, 2.05) is 37.3 Å². The van der Waals surface area contributed by atoms with Gasteiger partial charge in [0.15, 0.2) is 0 Å². The van der Waals surface area contributed by atoms with Gasteiger partial charge in [-0.15, -0.1) is 0 Å². The van der Waals surface area contributed by atoms with Crippen LogP contribution in [0.4, 0.5) is 5.69 Å². The van der Waals surface area contributed by atoms with Gasteiger partial charge in [0.05, 0.1) is 5.69 Å². The molecule has 1 aliphatic rings. The van der Waals surface area contributed by atoms with Crippen molar-refractivity contribution in [3.05, 3.63) is 35.9 Å². The first-order chi connectivity index (χ1) is 6.25. The average Bonchev–Trinajstić information content (AvgIpc) is 2.41. The molecule has 0 atom stereocenters. The van der Waals surface area contributed by atoms with Gasteiger partial charge >= 0.3 is 0 Å². The van der Waals surface area contributed by atoms with Crippen molar-refractivity contribution in [2.75, 3.05) is 11.9 Å². The summed E-state index contributed by atoms with van der Waals surface area (Å²) in [5.74, 6) is 0.0868. The first-order valence-electron chi connectivity index (χ1n) is 4.29. The molecular formula is C11H11NO. The largest absolute Gasteiger partial charge is 0.311 e. The molecule has 0 aliphatic carbocycles. The lowest BCUT2D eigenvalue weighted by Gasteiger charge is -2.07.